The van der Waals surface area contributed by atoms with E-state index in [1.165, 1.54) is 40.7 Å². The van der Waals surface area contributed by atoms with E-state index < -0.39 is 11.6 Å². The summed E-state index contributed by atoms with van der Waals surface area (Å²) in [5.41, 5.74) is 0.402. The van der Waals surface area contributed by atoms with Gasteiger partial charge in [0, 0.05) is 41.7 Å². The van der Waals surface area contributed by atoms with Gasteiger partial charge in [-0.25, -0.2) is 18.4 Å². The summed E-state index contributed by atoms with van der Waals surface area (Å²) in [7, 11) is 0. The Morgan fingerprint density at radius 2 is 2.09 bits per heavy atom. The van der Waals surface area contributed by atoms with Crippen molar-refractivity contribution in [2.75, 3.05) is 0 Å². The summed E-state index contributed by atoms with van der Waals surface area (Å²) in [6.45, 7) is 3.54. The van der Waals surface area contributed by atoms with E-state index >= 15 is 0 Å². The topological polar surface area (TPSA) is 99.6 Å². The molecule has 0 bridgehead atoms. The SMILES string of the molecule is Cc1noc([C@@H](C)CC(=O)c2cc3c(-c4ccc(F)cc4F)nn(-c4cnccn4)c3s2)n1. The first kappa shape index (κ1) is 21.0. The van der Waals surface area contributed by atoms with Crippen LogP contribution in [0.15, 0.2) is 47.4 Å². The number of Topliss-reactive ketones (excluding diaryl/α,β-unsaturated/α-hetero) is 1. The highest BCUT2D eigenvalue weighted by Gasteiger charge is 2.24. The zero-order valence-electron chi connectivity index (χ0n) is 17.5. The van der Waals surface area contributed by atoms with Crippen LogP contribution in [0.1, 0.15) is 40.6 Å². The first-order valence-corrected chi connectivity index (χ1v) is 10.8. The van der Waals surface area contributed by atoms with Crippen molar-refractivity contribution in [2.45, 2.75) is 26.2 Å². The zero-order valence-corrected chi connectivity index (χ0v) is 18.3. The van der Waals surface area contributed by atoms with Crippen LogP contribution < -0.4 is 0 Å². The van der Waals surface area contributed by atoms with Crippen molar-refractivity contribution in [3.8, 4) is 17.1 Å². The smallest absolute Gasteiger partial charge is 0.229 e. The highest BCUT2D eigenvalue weighted by atomic mass is 32.1. The van der Waals surface area contributed by atoms with Gasteiger partial charge in [0.15, 0.2) is 17.4 Å². The number of rotatable bonds is 6. The standard InChI is InChI=1S/C22H16F2N6O2S/c1-11(21-27-12(2)29-32-21)7-17(31)18-9-15-20(14-4-3-13(23)8-16(14)24)28-30(22(15)33-18)19-10-25-5-6-26-19/h3-6,8-11H,7H2,1-2H3/t11-/m0/s1. The van der Waals surface area contributed by atoms with E-state index in [1.54, 1.807) is 13.0 Å². The number of carbonyl (C=O) groups is 1. The molecule has 0 saturated carbocycles. The number of halogens is 2. The molecule has 5 aromatic rings. The second-order valence-corrected chi connectivity index (χ2v) is 8.52. The molecule has 0 aliphatic rings. The van der Waals surface area contributed by atoms with Gasteiger partial charge in [0.1, 0.15) is 22.2 Å². The number of ketones is 1. The lowest BCUT2D eigenvalue weighted by atomic mass is 10.0. The van der Waals surface area contributed by atoms with Gasteiger partial charge in [0.05, 0.1) is 11.1 Å². The Bertz CT molecular complexity index is 1480. The van der Waals surface area contributed by atoms with Crippen LogP contribution in [-0.4, -0.2) is 35.7 Å². The second kappa shape index (κ2) is 8.24. The monoisotopic (exact) mass is 466 g/mol. The second-order valence-electron chi connectivity index (χ2n) is 7.49. The minimum Gasteiger partial charge on any atom is -0.339 e. The molecule has 33 heavy (non-hydrogen) atoms. The molecule has 0 radical (unpaired) electrons. The molecule has 166 valence electrons. The largest absolute Gasteiger partial charge is 0.339 e. The average Bonchev–Trinajstić information content (AvgIpc) is 3.50. The molecule has 5 rings (SSSR count). The number of benzene rings is 1. The number of thiophene rings is 1. The molecule has 4 aromatic heterocycles. The fourth-order valence-corrected chi connectivity index (χ4v) is 4.53. The van der Waals surface area contributed by atoms with Gasteiger partial charge in [-0.3, -0.25) is 9.78 Å². The van der Waals surface area contributed by atoms with Crippen molar-refractivity contribution in [1.29, 1.82) is 0 Å². The number of aryl methyl sites for hydroxylation is 1. The van der Waals surface area contributed by atoms with Crippen molar-refractivity contribution < 1.29 is 18.1 Å². The van der Waals surface area contributed by atoms with Gasteiger partial charge in [-0.15, -0.1) is 11.3 Å². The van der Waals surface area contributed by atoms with Crippen molar-refractivity contribution in [3.63, 3.8) is 0 Å². The third-order valence-electron chi connectivity index (χ3n) is 5.04. The molecule has 0 amide bonds. The zero-order chi connectivity index (χ0) is 23.1. The van der Waals surface area contributed by atoms with Gasteiger partial charge in [0.25, 0.3) is 0 Å². The van der Waals surface area contributed by atoms with Crippen LogP contribution in [0.3, 0.4) is 0 Å². The number of nitrogens with zero attached hydrogens (tertiary/aromatic N) is 6. The summed E-state index contributed by atoms with van der Waals surface area (Å²) in [5, 5.41) is 8.83. The van der Waals surface area contributed by atoms with Gasteiger partial charge in [-0.1, -0.05) is 12.1 Å². The predicted molar refractivity (Wildman–Crippen MR) is 116 cm³/mol. The van der Waals surface area contributed by atoms with E-state index in [0.29, 0.717) is 32.6 Å². The Labute approximate surface area is 189 Å². The quantitative estimate of drug-likeness (QED) is 0.329. The maximum Gasteiger partial charge on any atom is 0.229 e. The first-order valence-electron chi connectivity index (χ1n) is 9.98. The molecule has 1 atom stereocenters. The van der Waals surface area contributed by atoms with Crippen molar-refractivity contribution in [3.05, 3.63) is 71.1 Å². The van der Waals surface area contributed by atoms with Crippen LogP contribution in [0.25, 0.3) is 27.3 Å². The number of hydrogen-bond acceptors (Lipinski definition) is 8. The molecular weight excluding hydrogens is 450 g/mol. The van der Waals surface area contributed by atoms with Gasteiger partial charge in [-0.2, -0.15) is 10.1 Å². The number of carbonyl (C=O) groups excluding carboxylic acids is 1. The molecule has 8 nitrogen and oxygen atoms in total. The molecule has 0 fully saturated rings. The summed E-state index contributed by atoms with van der Waals surface area (Å²) in [5.74, 6) is -0.535. The minimum atomic E-state index is -0.750. The normalized spacial score (nSPS) is 12.4. The van der Waals surface area contributed by atoms with Crippen LogP contribution in [-0.2, 0) is 0 Å². The van der Waals surface area contributed by atoms with E-state index in [2.05, 4.69) is 25.2 Å². The molecule has 4 heterocycles. The summed E-state index contributed by atoms with van der Waals surface area (Å²) in [6.07, 6.45) is 4.70. The van der Waals surface area contributed by atoms with Crippen molar-refractivity contribution in [1.82, 2.24) is 29.9 Å². The molecule has 0 aliphatic carbocycles. The van der Waals surface area contributed by atoms with Crippen LogP contribution in [0.4, 0.5) is 8.78 Å². The number of fused-ring (bicyclic) bond motifs is 1. The van der Waals surface area contributed by atoms with Crippen molar-refractivity contribution in [2.24, 2.45) is 0 Å². The highest BCUT2D eigenvalue weighted by molar-refractivity contribution is 7.20. The van der Waals surface area contributed by atoms with Gasteiger partial charge < -0.3 is 4.52 Å². The molecule has 0 unspecified atom stereocenters. The Balaban J connectivity index is 1.59. The first-order chi connectivity index (χ1) is 15.9. The lowest BCUT2D eigenvalue weighted by Crippen LogP contribution is -2.04. The Kier molecular flexibility index (Phi) is 5.25. The molecule has 11 heteroatoms. The van der Waals surface area contributed by atoms with Gasteiger partial charge in [0.2, 0.25) is 5.89 Å². The third-order valence-corrected chi connectivity index (χ3v) is 6.20. The Morgan fingerprint density at radius 3 is 2.79 bits per heavy atom. The molecule has 0 spiro atoms. The fraction of sp³-hybridized carbons (Fsp3) is 0.182. The lowest BCUT2D eigenvalue weighted by Gasteiger charge is -2.04. The van der Waals surface area contributed by atoms with Gasteiger partial charge in [-0.05, 0) is 25.1 Å². The molecule has 0 saturated heterocycles. The third kappa shape index (κ3) is 3.91. The number of aromatic nitrogens is 6. The van der Waals surface area contributed by atoms with Crippen LogP contribution in [0, 0.1) is 18.6 Å². The summed E-state index contributed by atoms with van der Waals surface area (Å²) in [4.78, 5) is 26.6. The Hall–Kier alpha value is -3.86. The van der Waals surface area contributed by atoms with Crippen LogP contribution >= 0.6 is 11.3 Å². The maximum absolute atomic E-state index is 14.6. The maximum atomic E-state index is 14.6. The molecule has 0 aliphatic heterocycles. The van der Waals surface area contributed by atoms with E-state index in [9.17, 15) is 13.6 Å². The van der Waals surface area contributed by atoms with E-state index in [0.717, 1.165) is 12.1 Å². The summed E-state index contributed by atoms with van der Waals surface area (Å²) >= 11 is 1.21. The van der Waals surface area contributed by atoms with Crippen LogP contribution in [0.5, 0.6) is 0 Å². The molecule has 0 N–H and O–H groups in total. The number of hydrogen-bond donors (Lipinski definition) is 0. The Morgan fingerprint density at radius 1 is 1.24 bits per heavy atom. The van der Waals surface area contributed by atoms with E-state index in [1.807, 2.05) is 6.92 Å². The van der Waals surface area contributed by atoms with Gasteiger partial charge >= 0.3 is 0 Å². The highest BCUT2D eigenvalue weighted by Crippen LogP contribution is 2.37. The summed E-state index contributed by atoms with van der Waals surface area (Å²) < 4.78 is 34.8. The minimum absolute atomic E-state index is 0.121. The lowest BCUT2D eigenvalue weighted by molar-refractivity contribution is 0.0975. The molecule has 1 aromatic carbocycles. The fourth-order valence-electron chi connectivity index (χ4n) is 3.46. The van der Waals surface area contributed by atoms with Crippen LogP contribution in [0.2, 0.25) is 0 Å². The average molecular weight is 466 g/mol. The predicted octanol–water partition coefficient (Wildman–Crippen LogP) is 4.89. The summed E-state index contributed by atoms with van der Waals surface area (Å²) in [6, 6.07) is 4.96. The van der Waals surface area contributed by atoms with Crippen molar-refractivity contribution >= 4 is 27.3 Å². The van der Waals surface area contributed by atoms with E-state index in [4.69, 9.17) is 4.52 Å². The van der Waals surface area contributed by atoms with E-state index in [-0.39, 0.29) is 29.4 Å². The molecular formula is C22H16F2N6O2S.